The van der Waals surface area contributed by atoms with Crippen LogP contribution in [-0.2, 0) is 0 Å². The molecule has 0 aliphatic heterocycles. The van der Waals surface area contributed by atoms with Gasteiger partial charge in [0.1, 0.15) is 0 Å². The molecule has 13 rings (SSSR count). The van der Waals surface area contributed by atoms with Gasteiger partial charge in [0.15, 0.2) is 0 Å². The van der Waals surface area contributed by atoms with E-state index in [1.807, 2.05) is 0 Å². The highest BCUT2D eigenvalue weighted by atomic mass is 15.2. The monoisotopic (exact) mass is 894 g/mol. The van der Waals surface area contributed by atoms with E-state index in [2.05, 4.69) is 298 Å². The van der Waals surface area contributed by atoms with Crippen molar-refractivity contribution in [1.82, 2.24) is 4.57 Å². The lowest BCUT2D eigenvalue weighted by molar-refractivity contribution is 1.17. The van der Waals surface area contributed by atoms with E-state index in [4.69, 9.17) is 0 Å². The summed E-state index contributed by atoms with van der Waals surface area (Å²) in [7, 11) is 0. The predicted octanol–water partition coefficient (Wildman–Crippen LogP) is 18.7. The molecular weight excluding hydrogens is 849 g/mol. The van der Waals surface area contributed by atoms with E-state index in [0.29, 0.717) is 0 Å². The van der Waals surface area contributed by atoms with Gasteiger partial charge in [-0.15, -0.1) is 0 Å². The van der Waals surface area contributed by atoms with Crippen LogP contribution in [0.5, 0.6) is 0 Å². The first kappa shape index (κ1) is 40.9. The quantitative estimate of drug-likeness (QED) is 0.136. The van der Waals surface area contributed by atoms with Crippen molar-refractivity contribution in [3.8, 4) is 5.69 Å². The summed E-state index contributed by atoms with van der Waals surface area (Å²) in [5.41, 5.74) is 13.2. The largest absolute Gasteiger partial charge is 0.310 e. The van der Waals surface area contributed by atoms with Gasteiger partial charge in [0.25, 0.3) is 0 Å². The van der Waals surface area contributed by atoms with Gasteiger partial charge in [0.2, 0.25) is 0 Å². The SMILES string of the molecule is c1ccc(N(c2cccc(-n3c4ccc(N(c5ccccc5)c5cccc6ccccc56)cc4c4cc(N(c5ccccc5)c5cccc6ccccc56)ccc43)c2)c2cccc3ccccc23)cc1. The Labute approximate surface area is 407 Å². The first-order valence-corrected chi connectivity index (χ1v) is 23.9. The Kier molecular flexibility index (Phi) is 10.1. The molecule has 1 heterocycles. The molecule has 1 aromatic heterocycles. The summed E-state index contributed by atoms with van der Waals surface area (Å²) in [6, 6.07) is 101. The van der Waals surface area contributed by atoms with Gasteiger partial charge in [-0.05, 0) is 125 Å². The molecule has 330 valence electrons. The van der Waals surface area contributed by atoms with Crippen molar-refractivity contribution in [2.75, 3.05) is 14.7 Å². The minimum absolute atomic E-state index is 1.07. The van der Waals surface area contributed by atoms with E-state index in [0.717, 1.165) is 78.7 Å². The Morgan fingerprint density at radius 1 is 0.214 bits per heavy atom. The van der Waals surface area contributed by atoms with E-state index in [9.17, 15) is 0 Å². The van der Waals surface area contributed by atoms with Crippen LogP contribution >= 0.6 is 0 Å². The van der Waals surface area contributed by atoms with Gasteiger partial charge in [-0.2, -0.15) is 0 Å². The first-order valence-electron chi connectivity index (χ1n) is 23.9. The Balaban J connectivity index is 1.07. The van der Waals surface area contributed by atoms with E-state index in [-0.39, 0.29) is 0 Å². The second-order valence-corrected chi connectivity index (χ2v) is 17.8. The number of aromatic nitrogens is 1. The lowest BCUT2D eigenvalue weighted by Gasteiger charge is -2.27. The highest BCUT2D eigenvalue weighted by molar-refractivity contribution is 6.13. The number of benzene rings is 12. The van der Waals surface area contributed by atoms with Crippen molar-refractivity contribution in [1.29, 1.82) is 0 Å². The molecule has 70 heavy (non-hydrogen) atoms. The summed E-state index contributed by atoms with van der Waals surface area (Å²) in [6.07, 6.45) is 0. The average molecular weight is 895 g/mol. The highest BCUT2D eigenvalue weighted by Crippen LogP contribution is 2.46. The highest BCUT2D eigenvalue weighted by Gasteiger charge is 2.23. The summed E-state index contributed by atoms with van der Waals surface area (Å²) in [5.74, 6) is 0. The van der Waals surface area contributed by atoms with Crippen molar-refractivity contribution >= 4 is 105 Å². The molecule has 4 heteroatoms. The normalized spacial score (nSPS) is 11.4. The number of hydrogen-bond acceptors (Lipinski definition) is 3. The van der Waals surface area contributed by atoms with Crippen molar-refractivity contribution in [2.45, 2.75) is 0 Å². The van der Waals surface area contributed by atoms with E-state index in [1.54, 1.807) is 0 Å². The number of nitrogens with zero attached hydrogens (tertiary/aromatic N) is 4. The van der Waals surface area contributed by atoms with Gasteiger partial charge < -0.3 is 19.3 Å². The maximum Gasteiger partial charge on any atom is 0.0542 e. The third kappa shape index (κ3) is 7.10. The number of rotatable bonds is 10. The molecule has 0 bridgehead atoms. The van der Waals surface area contributed by atoms with Crippen LogP contribution in [0.25, 0.3) is 59.8 Å². The second-order valence-electron chi connectivity index (χ2n) is 17.8. The molecule has 0 aliphatic carbocycles. The zero-order valence-corrected chi connectivity index (χ0v) is 38.3. The molecular formula is C66H46N4. The zero-order chi connectivity index (χ0) is 46.4. The van der Waals surface area contributed by atoms with Crippen molar-refractivity contribution in [3.05, 3.63) is 279 Å². The van der Waals surface area contributed by atoms with Crippen LogP contribution in [-0.4, -0.2) is 4.57 Å². The smallest absolute Gasteiger partial charge is 0.0542 e. The lowest BCUT2D eigenvalue weighted by atomic mass is 10.0. The van der Waals surface area contributed by atoms with E-state index in [1.165, 1.54) is 32.3 Å². The van der Waals surface area contributed by atoms with Gasteiger partial charge in [0.05, 0.1) is 28.1 Å². The van der Waals surface area contributed by atoms with Crippen LogP contribution < -0.4 is 14.7 Å². The molecule has 0 atom stereocenters. The molecule has 0 fully saturated rings. The zero-order valence-electron chi connectivity index (χ0n) is 38.3. The van der Waals surface area contributed by atoms with Crippen molar-refractivity contribution < 1.29 is 0 Å². The van der Waals surface area contributed by atoms with Gasteiger partial charge in [-0.3, -0.25) is 0 Å². The molecule has 13 aromatic rings. The number of para-hydroxylation sites is 3. The summed E-state index contributed by atoms with van der Waals surface area (Å²) in [5, 5.41) is 9.49. The standard InChI is InChI=1S/C66H46N4/c1-4-26-50(27-5-1)67(62-37-16-23-47-20-10-13-34-57(47)62)53-32-19-33-54(44-53)70-65-42-40-55(68(51-28-6-2-7-29-51)63-38-17-24-48-21-11-14-35-58(48)63)45-60(65)61-46-56(41-43-66(61)70)69(52-30-8-3-9-31-52)64-39-18-25-49-22-12-15-36-59(49)64/h1-46H. The molecule has 0 N–H and O–H groups in total. The summed E-state index contributed by atoms with van der Waals surface area (Å²) < 4.78 is 2.45. The fourth-order valence-corrected chi connectivity index (χ4v) is 10.5. The Morgan fingerprint density at radius 3 is 0.929 bits per heavy atom. The number of hydrogen-bond donors (Lipinski definition) is 0. The van der Waals surface area contributed by atoms with Crippen molar-refractivity contribution in [3.63, 3.8) is 0 Å². The van der Waals surface area contributed by atoms with Crippen LogP contribution in [0.2, 0.25) is 0 Å². The molecule has 0 saturated carbocycles. The van der Waals surface area contributed by atoms with Crippen LogP contribution in [0.15, 0.2) is 279 Å². The molecule has 0 spiro atoms. The summed E-state index contributed by atoms with van der Waals surface area (Å²) >= 11 is 0. The van der Waals surface area contributed by atoms with Crippen LogP contribution in [0, 0.1) is 0 Å². The molecule has 4 nitrogen and oxygen atoms in total. The van der Waals surface area contributed by atoms with Gasteiger partial charge in [0, 0.05) is 66.7 Å². The van der Waals surface area contributed by atoms with Gasteiger partial charge in [-0.1, -0.05) is 170 Å². The van der Waals surface area contributed by atoms with Crippen molar-refractivity contribution in [2.24, 2.45) is 0 Å². The fourth-order valence-electron chi connectivity index (χ4n) is 10.5. The van der Waals surface area contributed by atoms with Gasteiger partial charge in [-0.25, -0.2) is 0 Å². The van der Waals surface area contributed by atoms with Crippen LogP contribution in [0.3, 0.4) is 0 Å². The number of fused-ring (bicyclic) bond motifs is 6. The van der Waals surface area contributed by atoms with Crippen LogP contribution in [0.4, 0.5) is 51.2 Å². The summed E-state index contributed by atoms with van der Waals surface area (Å²) in [6.45, 7) is 0. The minimum atomic E-state index is 1.07. The average Bonchev–Trinajstić information content (AvgIpc) is 3.75. The topological polar surface area (TPSA) is 14.7 Å². The molecule has 0 aliphatic rings. The summed E-state index contributed by atoms with van der Waals surface area (Å²) in [4.78, 5) is 7.20. The Hall–Kier alpha value is -9.38. The number of anilines is 9. The second kappa shape index (κ2) is 17.4. The minimum Gasteiger partial charge on any atom is -0.310 e. The molecule has 0 saturated heterocycles. The maximum absolute atomic E-state index is 2.45. The molecule has 0 amide bonds. The molecule has 0 radical (unpaired) electrons. The van der Waals surface area contributed by atoms with E-state index < -0.39 is 0 Å². The Morgan fingerprint density at radius 2 is 0.529 bits per heavy atom. The molecule has 0 unspecified atom stereocenters. The van der Waals surface area contributed by atoms with Gasteiger partial charge >= 0.3 is 0 Å². The van der Waals surface area contributed by atoms with E-state index >= 15 is 0 Å². The van der Waals surface area contributed by atoms with Crippen LogP contribution in [0.1, 0.15) is 0 Å². The fraction of sp³-hybridized carbons (Fsp3) is 0. The maximum atomic E-state index is 2.45. The Bertz CT molecular complexity index is 3840. The predicted molar refractivity (Wildman–Crippen MR) is 297 cm³/mol. The lowest BCUT2D eigenvalue weighted by Crippen LogP contribution is -2.11. The third-order valence-corrected chi connectivity index (χ3v) is 13.7. The molecule has 12 aromatic carbocycles. The first-order chi connectivity index (χ1) is 34.7. The third-order valence-electron chi connectivity index (χ3n) is 13.7.